The van der Waals surface area contributed by atoms with Crippen LogP contribution in [-0.2, 0) is 0 Å². The standard InChI is InChI=1S/C11H21N/c1-9-7-11(9)12-8-10-5-3-2-4-6-10/h9-12H,2-8H2,1H3. The fourth-order valence-electron chi connectivity index (χ4n) is 2.32. The van der Waals surface area contributed by atoms with E-state index in [1.54, 1.807) is 0 Å². The molecular weight excluding hydrogens is 146 g/mol. The summed E-state index contributed by atoms with van der Waals surface area (Å²) in [5.74, 6) is 1.97. The van der Waals surface area contributed by atoms with Crippen LogP contribution in [0, 0.1) is 11.8 Å². The largest absolute Gasteiger partial charge is 0.313 e. The molecule has 2 fully saturated rings. The van der Waals surface area contributed by atoms with Crippen molar-refractivity contribution in [1.82, 2.24) is 5.32 Å². The van der Waals surface area contributed by atoms with Gasteiger partial charge in [0.05, 0.1) is 0 Å². The molecule has 0 aromatic carbocycles. The van der Waals surface area contributed by atoms with Crippen LogP contribution in [0.3, 0.4) is 0 Å². The van der Waals surface area contributed by atoms with E-state index < -0.39 is 0 Å². The highest BCUT2D eigenvalue weighted by molar-refractivity contribution is 4.90. The van der Waals surface area contributed by atoms with E-state index in [1.807, 2.05) is 0 Å². The molecular formula is C11H21N. The number of hydrogen-bond acceptors (Lipinski definition) is 1. The zero-order chi connectivity index (χ0) is 8.39. The topological polar surface area (TPSA) is 12.0 Å². The van der Waals surface area contributed by atoms with Crippen molar-refractivity contribution in [1.29, 1.82) is 0 Å². The third-order valence-corrected chi connectivity index (χ3v) is 3.50. The van der Waals surface area contributed by atoms with Crippen LogP contribution in [0.1, 0.15) is 45.4 Å². The summed E-state index contributed by atoms with van der Waals surface area (Å²) in [4.78, 5) is 0. The SMILES string of the molecule is CC1CC1NCC1CCCCC1. The lowest BCUT2D eigenvalue weighted by atomic mass is 9.89. The van der Waals surface area contributed by atoms with Gasteiger partial charge in [0.1, 0.15) is 0 Å². The van der Waals surface area contributed by atoms with Crippen LogP contribution in [0.4, 0.5) is 0 Å². The van der Waals surface area contributed by atoms with Crippen LogP contribution in [0.5, 0.6) is 0 Å². The van der Waals surface area contributed by atoms with Gasteiger partial charge in [-0.1, -0.05) is 26.2 Å². The van der Waals surface area contributed by atoms with Crippen LogP contribution in [-0.4, -0.2) is 12.6 Å². The molecule has 0 heterocycles. The van der Waals surface area contributed by atoms with Crippen LogP contribution in [0.15, 0.2) is 0 Å². The lowest BCUT2D eigenvalue weighted by Gasteiger charge is -2.21. The van der Waals surface area contributed by atoms with Crippen molar-refractivity contribution < 1.29 is 0 Å². The molecule has 0 amide bonds. The first-order valence-electron chi connectivity index (χ1n) is 5.59. The third kappa shape index (κ3) is 2.22. The Hall–Kier alpha value is -0.0400. The molecule has 2 saturated carbocycles. The summed E-state index contributed by atoms with van der Waals surface area (Å²) in [7, 11) is 0. The molecule has 0 aromatic heterocycles. The van der Waals surface area contributed by atoms with E-state index >= 15 is 0 Å². The minimum atomic E-state index is 0.881. The second kappa shape index (κ2) is 3.78. The Kier molecular flexibility index (Phi) is 2.69. The van der Waals surface area contributed by atoms with Crippen molar-refractivity contribution in [3.63, 3.8) is 0 Å². The minimum absolute atomic E-state index is 0.881. The summed E-state index contributed by atoms with van der Waals surface area (Å²) >= 11 is 0. The Balaban J connectivity index is 1.59. The molecule has 2 unspecified atom stereocenters. The summed E-state index contributed by atoms with van der Waals surface area (Å²) in [6, 6.07) is 0.881. The number of nitrogens with one attached hydrogen (secondary N) is 1. The molecule has 1 N–H and O–H groups in total. The van der Waals surface area contributed by atoms with Crippen molar-refractivity contribution in [3.8, 4) is 0 Å². The summed E-state index contributed by atoms with van der Waals surface area (Å²) in [5.41, 5.74) is 0. The van der Waals surface area contributed by atoms with E-state index in [0.717, 1.165) is 17.9 Å². The molecule has 0 saturated heterocycles. The predicted molar refractivity (Wildman–Crippen MR) is 52.1 cm³/mol. The monoisotopic (exact) mass is 167 g/mol. The third-order valence-electron chi connectivity index (χ3n) is 3.50. The normalized spacial score (nSPS) is 36.8. The fraction of sp³-hybridized carbons (Fsp3) is 1.00. The molecule has 2 aliphatic rings. The molecule has 0 radical (unpaired) electrons. The fourth-order valence-corrected chi connectivity index (χ4v) is 2.32. The summed E-state index contributed by atoms with van der Waals surface area (Å²) < 4.78 is 0. The smallest absolute Gasteiger partial charge is 0.00965 e. The second-order valence-corrected chi connectivity index (χ2v) is 4.73. The lowest BCUT2D eigenvalue weighted by Crippen LogP contribution is -2.26. The van der Waals surface area contributed by atoms with Gasteiger partial charge in [-0.2, -0.15) is 0 Å². The molecule has 2 rings (SSSR count). The maximum Gasteiger partial charge on any atom is 0.00965 e. The minimum Gasteiger partial charge on any atom is -0.313 e. The molecule has 12 heavy (non-hydrogen) atoms. The van der Waals surface area contributed by atoms with Crippen molar-refractivity contribution in [3.05, 3.63) is 0 Å². The first-order chi connectivity index (χ1) is 5.86. The van der Waals surface area contributed by atoms with Crippen molar-refractivity contribution in [2.45, 2.75) is 51.5 Å². The van der Waals surface area contributed by atoms with Gasteiger partial charge in [0, 0.05) is 6.04 Å². The van der Waals surface area contributed by atoms with Gasteiger partial charge in [-0.05, 0) is 37.6 Å². The van der Waals surface area contributed by atoms with E-state index in [1.165, 1.54) is 45.1 Å². The van der Waals surface area contributed by atoms with Crippen LogP contribution in [0.25, 0.3) is 0 Å². The molecule has 70 valence electrons. The highest BCUT2D eigenvalue weighted by Gasteiger charge is 2.32. The molecule has 0 aliphatic heterocycles. The Morgan fingerprint density at radius 3 is 2.42 bits per heavy atom. The Morgan fingerprint density at radius 2 is 1.83 bits per heavy atom. The van der Waals surface area contributed by atoms with Crippen LogP contribution >= 0.6 is 0 Å². The molecule has 0 bridgehead atoms. The van der Waals surface area contributed by atoms with Gasteiger partial charge in [-0.3, -0.25) is 0 Å². The Bertz CT molecular complexity index is 138. The molecule has 1 nitrogen and oxygen atoms in total. The predicted octanol–water partition coefficient (Wildman–Crippen LogP) is 2.56. The molecule has 2 atom stereocenters. The van der Waals surface area contributed by atoms with E-state index in [-0.39, 0.29) is 0 Å². The van der Waals surface area contributed by atoms with Gasteiger partial charge < -0.3 is 5.32 Å². The van der Waals surface area contributed by atoms with Gasteiger partial charge in [0.15, 0.2) is 0 Å². The van der Waals surface area contributed by atoms with Gasteiger partial charge in [-0.15, -0.1) is 0 Å². The van der Waals surface area contributed by atoms with Gasteiger partial charge in [0.2, 0.25) is 0 Å². The summed E-state index contributed by atoms with van der Waals surface area (Å²) in [5, 5.41) is 3.68. The zero-order valence-electron chi connectivity index (χ0n) is 8.18. The van der Waals surface area contributed by atoms with Crippen molar-refractivity contribution in [2.75, 3.05) is 6.54 Å². The average Bonchev–Trinajstić information content (AvgIpc) is 2.81. The van der Waals surface area contributed by atoms with Crippen molar-refractivity contribution >= 4 is 0 Å². The summed E-state index contributed by atoms with van der Waals surface area (Å²) in [6.07, 6.45) is 8.82. The van der Waals surface area contributed by atoms with Crippen LogP contribution < -0.4 is 5.32 Å². The quantitative estimate of drug-likeness (QED) is 0.681. The maximum atomic E-state index is 3.68. The highest BCUT2D eigenvalue weighted by Crippen LogP contribution is 2.30. The Labute approximate surface area is 75.9 Å². The summed E-state index contributed by atoms with van der Waals surface area (Å²) in [6.45, 7) is 3.65. The van der Waals surface area contributed by atoms with E-state index in [4.69, 9.17) is 0 Å². The van der Waals surface area contributed by atoms with Gasteiger partial charge in [-0.25, -0.2) is 0 Å². The first-order valence-corrected chi connectivity index (χ1v) is 5.59. The average molecular weight is 167 g/mol. The highest BCUT2D eigenvalue weighted by atomic mass is 15.0. The van der Waals surface area contributed by atoms with Crippen molar-refractivity contribution in [2.24, 2.45) is 11.8 Å². The maximum absolute atomic E-state index is 3.68. The van der Waals surface area contributed by atoms with E-state index in [2.05, 4.69) is 12.2 Å². The van der Waals surface area contributed by atoms with Gasteiger partial charge in [0.25, 0.3) is 0 Å². The zero-order valence-corrected chi connectivity index (χ0v) is 8.18. The second-order valence-electron chi connectivity index (χ2n) is 4.73. The number of rotatable bonds is 3. The first kappa shape index (κ1) is 8.55. The van der Waals surface area contributed by atoms with E-state index in [0.29, 0.717) is 0 Å². The lowest BCUT2D eigenvalue weighted by molar-refractivity contribution is 0.340. The van der Waals surface area contributed by atoms with Gasteiger partial charge >= 0.3 is 0 Å². The molecule has 1 heteroatoms. The Morgan fingerprint density at radius 1 is 1.17 bits per heavy atom. The molecule has 2 aliphatic carbocycles. The number of hydrogen-bond donors (Lipinski definition) is 1. The molecule has 0 aromatic rings. The van der Waals surface area contributed by atoms with E-state index in [9.17, 15) is 0 Å². The van der Waals surface area contributed by atoms with Crippen LogP contribution in [0.2, 0.25) is 0 Å². The molecule has 0 spiro atoms.